The van der Waals surface area contributed by atoms with E-state index in [9.17, 15) is 4.21 Å². The Morgan fingerprint density at radius 1 is 1.54 bits per heavy atom. The highest BCUT2D eigenvalue weighted by atomic mass is 35.5. The van der Waals surface area contributed by atoms with E-state index in [1.54, 1.807) is 0 Å². The minimum atomic E-state index is -1.14. The molecule has 1 N–H and O–H groups in total. The van der Waals surface area contributed by atoms with Gasteiger partial charge in [0.1, 0.15) is 16.1 Å². The van der Waals surface area contributed by atoms with E-state index in [2.05, 4.69) is 14.7 Å². The molecule has 1 aromatic heterocycles. The van der Waals surface area contributed by atoms with Crippen LogP contribution in [0.4, 0.5) is 5.82 Å². The van der Waals surface area contributed by atoms with Crippen molar-refractivity contribution in [1.82, 2.24) is 9.97 Å². The van der Waals surface area contributed by atoms with Gasteiger partial charge in [0.05, 0.1) is 12.4 Å². The first kappa shape index (κ1) is 10.4. The van der Waals surface area contributed by atoms with Gasteiger partial charge in [0.15, 0.2) is 5.82 Å². The van der Waals surface area contributed by atoms with Crippen LogP contribution in [0.5, 0.6) is 0 Å². The lowest BCUT2D eigenvalue weighted by molar-refractivity contribution is 0.680. The number of nitrogens with zero attached hydrogens (tertiary/aromatic N) is 2. The highest BCUT2D eigenvalue weighted by molar-refractivity contribution is 7.86. The number of rotatable bonds is 3. The van der Waals surface area contributed by atoms with E-state index in [1.165, 1.54) is 12.4 Å². The van der Waals surface area contributed by atoms with E-state index in [-0.39, 0.29) is 10.4 Å². The highest BCUT2D eigenvalue weighted by Crippen LogP contribution is 2.08. The molecule has 1 heterocycles. The molecule has 0 aromatic carbocycles. The summed E-state index contributed by atoms with van der Waals surface area (Å²) in [6.45, 7) is 3.70. The van der Waals surface area contributed by atoms with Crippen molar-refractivity contribution in [3.05, 3.63) is 17.5 Å². The van der Waals surface area contributed by atoms with Crippen LogP contribution in [-0.4, -0.2) is 19.4 Å². The van der Waals surface area contributed by atoms with Gasteiger partial charge in [0, 0.05) is 5.25 Å². The van der Waals surface area contributed by atoms with Gasteiger partial charge >= 0.3 is 0 Å². The van der Waals surface area contributed by atoms with E-state index in [4.69, 9.17) is 11.6 Å². The third-order valence-corrected chi connectivity index (χ3v) is 2.69. The Morgan fingerprint density at radius 2 is 2.23 bits per heavy atom. The van der Waals surface area contributed by atoms with Crippen LogP contribution in [0.15, 0.2) is 12.4 Å². The van der Waals surface area contributed by atoms with Crippen molar-refractivity contribution >= 4 is 28.4 Å². The zero-order valence-corrected chi connectivity index (χ0v) is 8.89. The standard InChI is InChI=1S/C7H10ClN3OS/c1-5(2)13(12)11-7-4-9-3-6(8)10-7/h3-5H,1-2H3,(H,10,11). The summed E-state index contributed by atoms with van der Waals surface area (Å²) in [5, 5.41) is 0.312. The van der Waals surface area contributed by atoms with Crippen molar-refractivity contribution in [3.63, 3.8) is 0 Å². The average molecular weight is 220 g/mol. The fraction of sp³-hybridized carbons (Fsp3) is 0.429. The van der Waals surface area contributed by atoms with Gasteiger partial charge in [-0.15, -0.1) is 0 Å². The second kappa shape index (κ2) is 4.53. The van der Waals surface area contributed by atoms with Gasteiger partial charge in [0.25, 0.3) is 0 Å². The van der Waals surface area contributed by atoms with Crippen molar-refractivity contribution in [1.29, 1.82) is 0 Å². The normalized spacial score (nSPS) is 12.9. The monoisotopic (exact) mass is 219 g/mol. The van der Waals surface area contributed by atoms with Gasteiger partial charge in [-0.25, -0.2) is 9.19 Å². The molecule has 4 nitrogen and oxygen atoms in total. The van der Waals surface area contributed by atoms with Gasteiger partial charge in [-0.1, -0.05) is 11.6 Å². The lowest BCUT2D eigenvalue weighted by Gasteiger charge is -2.06. The van der Waals surface area contributed by atoms with Gasteiger partial charge in [0.2, 0.25) is 0 Å². The quantitative estimate of drug-likeness (QED) is 0.841. The highest BCUT2D eigenvalue weighted by Gasteiger charge is 2.05. The van der Waals surface area contributed by atoms with Crippen LogP contribution in [0.1, 0.15) is 13.8 Å². The predicted molar refractivity (Wildman–Crippen MR) is 53.9 cm³/mol. The Labute approximate surface area is 84.3 Å². The Kier molecular flexibility index (Phi) is 3.62. The summed E-state index contributed by atoms with van der Waals surface area (Å²) in [6, 6.07) is 0. The molecule has 1 rings (SSSR count). The third kappa shape index (κ3) is 3.28. The van der Waals surface area contributed by atoms with Crippen LogP contribution in [0.2, 0.25) is 5.15 Å². The molecule has 0 amide bonds. The first-order chi connectivity index (χ1) is 6.09. The number of hydrogen-bond acceptors (Lipinski definition) is 3. The fourth-order valence-electron chi connectivity index (χ4n) is 0.612. The van der Waals surface area contributed by atoms with E-state index in [1.807, 2.05) is 13.8 Å². The maximum Gasteiger partial charge on any atom is 0.158 e. The molecule has 1 aromatic rings. The van der Waals surface area contributed by atoms with Crippen molar-refractivity contribution in [2.24, 2.45) is 0 Å². The van der Waals surface area contributed by atoms with Crippen molar-refractivity contribution < 1.29 is 4.21 Å². The zero-order chi connectivity index (χ0) is 9.84. The summed E-state index contributed by atoms with van der Waals surface area (Å²) in [6.07, 6.45) is 2.90. The Bertz CT molecular complexity index is 318. The number of hydrogen-bond donors (Lipinski definition) is 1. The second-order valence-electron chi connectivity index (χ2n) is 2.68. The maximum atomic E-state index is 11.3. The summed E-state index contributed by atoms with van der Waals surface area (Å²) >= 11 is 5.60. The molecule has 13 heavy (non-hydrogen) atoms. The fourth-order valence-corrected chi connectivity index (χ4v) is 1.30. The Morgan fingerprint density at radius 3 is 2.77 bits per heavy atom. The molecule has 0 spiro atoms. The summed E-state index contributed by atoms with van der Waals surface area (Å²) in [4.78, 5) is 7.70. The van der Waals surface area contributed by atoms with Gasteiger partial charge in [-0.05, 0) is 13.8 Å². The topological polar surface area (TPSA) is 54.9 Å². The van der Waals surface area contributed by atoms with E-state index in [0.717, 1.165) is 0 Å². The lowest BCUT2D eigenvalue weighted by atomic mass is 10.6. The smallest absolute Gasteiger partial charge is 0.158 e. The van der Waals surface area contributed by atoms with Crippen LogP contribution < -0.4 is 4.72 Å². The molecule has 1 atom stereocenters. The number of aromatic nitrogens is 2. The minimum absolute atomic E-state index is 0.0285. The first-order valence-corrected chi connectivity index (χ1v) is 5.33. The van der Waals surface area contributed by atoms with Crippen LogP contribution in [-0.2, 0) is 11.0 Å². The van der Waals surface area contributed by atoms with Gasteiger partial charge < -0.3 is 0 Å². The Balaban J connectivity index is 2.69. The molecule has 0 bridgehead atoms. The van der Waals surface area contributed by atoms with Crippen molar-refractivity contribution in [2.45, 2.75) is 19.1 Å². The number of nitrogens with one attached hydrogen (secondary N) is 1. The molecule has 0 aliphatic heterocycles. The predicted octanol–water partition coefficient (Wildman–Crippen LogP) is 1.61. The summed E-state index contributed by atoms with van der Waals surface area (Å²) in [5.74, 6) is 0.430. The average Bonchev–Trinajstić information content (AvgIpc) is 2.04. The van der Waals surface area contributed by atoms with Crippen molar-refractivity contribution in [2.75, 3.05) is 4.72 Å². The number of anilines is 1. The first-order valence-electron chi connectivity index (χ1n) is 3.74. The second-order valence-corrected chi connectivity index (χ2v) is 4.80. The molecule has 6 heteroatoms. The van der Waals surface area contributed by atoms with E-state index >= 15 is 0 Å². The van der Waals surface area contributed by atoms with Gasteiger partial charge in [-0.3, -0.25) is 9.71 Å². The van der Waals surface area contributed by atoms with E-state index < -0.39 is 11.0 Å². The molecular formula is C7H10ClN3OS. The number of halogens is 1. The largest absolute Gasteiger partial charge is 0.288 e. The molecule has 72 valence electrons. The molecular weight excluding hydrogens is 210 g/mol. The van der Waals surface area contributed by atoms with Crippen LogP contribution in [0.3, 0.4) is 0 Å². The third-order valence-electron chi connectivity index (χ3n) is 1.24. The summed E-state index contributed by atoms with van der Waals surface area (Å²) < 4.78 is 14.0. The van der Waals surface area contributed by atoms with Crippen molar-refractivity contribution in [3.8, 4) is 0 Å². The molecule has 0 aliphatic carbocycles. The maximum absolute atomic E-state index is 11.3. The molecule has 0 aliphatic rings. The zero-order valence-electron chi connectivity index (χ0n) is 7.32. The molecule has 0 radical (unpaired) electrons. The molecule has 0 fully saturated rings. The van der Waals surface area contributed by atoms with Crippen LogP contribution in [0, 0.1) is 0 Å². The minimum Gasteiger partial charge on any atom is -0.288 e. The Hall–Kier alpha value is -0.680. The lowest BCUT2D eigenvalue weighted by Crippen LogP contribution is -2.15. The molecule has 0 saturated carbocycles. The van der Waals surface area contributed by atoms with Crippen LogP contribution in [0.25, 0.3) is 0 Å². The SMILES string of the molecule is CC(C)S(=O)Nc1cncc(Cl)n1. The van der Waals surface area contributed by atoms with E-state index in [0.29, 0.717) is 5.82 Å². The summed E-state index contributed by atoms with van der Waals surface area (Å²) in [5.41, 5.74) is 0. The van der Waals surface area contributed by atoms with Gasteiger partial charge in [-0.2, -0.15) is 0 Å². The van der Waals surface area contributed by atoms with Crippen LogP contribution >= 0.6 is 11.6 Å². The molecule has 1 unspecified atom stereocenters. The summed E-state index contributed by atoms with van der Waals surface area (Å²) in [7, 11) is -1.14. The molecule has 0 saturated heterocycles.